The van der Waals surface area contributed by atoms with Crippen LogP contribution in [0.2, 0.25) is 0 Å². The van der Waals surface area contributed by atoms with E-state index in [2.05, 4.69) is 26.3 Å². The molecule has 150 valence electrons. The zero-order chi connectivity index (χ0) is 20.7. The molecule has 8 nitrogen and oxygen atoms in total. The minimum Gasteiger partial charge on any atom is -0.461 e. The number of ether oxygens (including phenoxy) is 1. The van der Waals surface area contributed by atoms with Crippen LogP contribution in [-0.4, -0.2) is 42.1 Å². The molecule has 0 bridgehead atoms. The highest BCUT2D eigenvalue weighted by molar-refractivity contribution is 5.89. The van der Waals surface area contributed by atoms with Gasteiger partial charge in [-0.05, 0) is 43.2 Å². The van der Waals surface area contributed by atoms with Crippen molar-refractivity contribution in [2.24, 2.45) is 0 Å². The van der Waals surface area contributed by atoms with Crippen LogP contribution in [0.3, 0.4) is 0 Å². The molecule has 3 aromatic heterocycles. The van der Waals surface area contributed by atoms with E-state index in [1.54, 1.807) is 19.4 Å². The van der Waals surface area contributed by atoms with Crippen molar-refractivity contribution < 1.29 is 9.53 Å². The topological polar surface area (TPSA) is 87.7 Å². The number of aromatic nitrogens is 6. The van der Waals surface area contributed by atoms with Crippen molar-refractivity contribution >= 4 is 5.97 Å². The van der Waals surface area contributed by atoms with Gasteiger partial charge in [0.25, 0.3) is 0 Å². The van der Waals surface area contributed by atoms with Gasteiger partial charge in [0.05, 0.1) is 35.1 Å². The minimum absolute atomic E-state index is 0.298. The second kappa shape index (κ2) is 7.22. The van der Waals surface area contributed by atoms with Crippen molar-refractivity contribution in [2.75, 3.05) is 6.61 Å². The molecular weight excluding hydrogens is 380 g/mol. The number of hydrogen-bond acceptors (Lipinski definition) is 6. The molecule has 1 aliphatic rings. The molecule has 0 amide bonds. The Labute approximate surface area is 173 Å². The Morgan fingerprint density at radius 3 is 2.90 bits per heavy atom. The average Bonchev–Trinajstić information content (AvgIpc) is 3.31. The van der Waals surface area contributed by atoms with Crippen LogP contribution in [0.1, 0.15) is 45.6 Å². The average molecular weight is 400 g/mol. The van der Waals surface area contributed by atoms with E-state index < -0.39 is 5.97 Å². The van der Waals surface area contributed by atoms with E-state index in [4.69, 9.17) is 4.74 Å². The summed E-state index contributed by atoms with van der Waals surface area (Å²) in [5.41, 5.74) is 6.83. The van der Waals surface area contributed by atoms with Crippen LogP contribution in [-0.2, 0) is 17.6 Å². The maximum absolute atomic E-state index is 12.5. The number of fused-ring (bicyclic) bond motifs is 5. The number of pyridine rings is 1. The summed E-state index contributed by atoms with van der Waals surface area (Å²) in [6.45, 7) is 4.12. The first kappa shape index (κ1) is 18.2. The van der Waals surface area contributed by atoms with Crippen molar-refractivity contribution in [3.05, 3.63) is 83.0 Å². The lowest BCUT2D eigenvalue weighted by molar-refractivity contribution is 0.0519. The molecule has 8 heteroatoms. The SMILES string of the molecule is CCOC(=O)c1ncn2c1Cc1c(Cc3cccnc3)nnn1-c1cc(C)ccc1-2. The molecule has 4 heterocycles. The lowest BCUT2D eigenvalue weighted by atomic mass is 10.1. The Morgan fingerprint density at radius 2 is 2.10 bits per heavy atom. The quantitative estimate of drug-likeness (QED) is 0.431. The van der Waals surface area contributed by atoms with Gasteiger partial charge in [0.1, 0.15) is 6.33 Å². The van der Waals surface area contributed by atoms with Crippen molar-refractivity contribution in [1.82, 2.24) is 29.5 Å². The normalized spacial score (nSPS) is 11.9. The molecule has 0 fully saturated rings. The third-order valence-corrected chi connectivity index (χ3v) is 5.23. The van der Waals surface area contributed by atoms with E-state index >= 15 is 0 Å². The molecule has 0 atom stereocenters. The molecule has 0 saturated heterocycles. The summed E-state index contributed by atoms with van der Waals surface area (Å²) in [7, 11) is 0. The van der Waals surface area contributed by atoms with Crippen LogP contribution in [0.15, 0.2) is 49.1 Å². The number of carbonyl (C=O) groups excluding carboxylic acids is 1. The third-order valence-electron chi connectivity index (χ3n) is 5.23. The van der Waals surface area contributed by atoms with E-state index in [1.165, 1.54) is 0 Å². The Balaban J connectivity index is 1.69. The van der Waals surface area contributed by atoms with Gasteiger partial charge in [0.2, 0.25) is 0 Å². The largest absolute Gasteiger partial charge is 0.461 e. The van der Waals surface area contributed by atoms with Gasteiger partial charge in [-0.25, -0.2) is 14.5 Å². The highest BCUT2D eigenvalue weighted by atomic mass is 16.5. The van der Waals surface area contributed by atoms with Crippen LogP contribution in [0.4, 0.5) is 0 Å². The molecular formula is C22H20N6O2. The number of hydrogen-bond donors (Lipinski definition) is 0. The molecule has 0 unspecified atom stereocenters. The van der Waals surface area contributed by atoms with Crippen LogP contribution in [0, 0.1) is 6.92 Å². The van der Waals surface area contributed by atoms with Gasteiger partial charge in [-0.1, -0.05) is 17.3 Å². The molecule has 4 aromatic rings. The van der Waals surface area contributed by atoms with Crippen molar-refractivity contribution in [1.29, 1.82) is 0 Å². The van der Waals surface area contributed by atoms with Crippen LogP contribution in [0.5, 0.6) is 0 Å². The minimum atomic E-state index is -0.422. The smallest absolute Gasteiger partial charge is 0.358 e. The lowest BCUT2D eigenvalue weighted by Crippen LogP contribution is -2.11. The van der Waals surface area contributed by atoms with E-state index in [9.17, 15) is 4.79 Å². The molecule has 1 aliphatic heterocycles. The highest BCUT2D eigenvalue weighted by Gasteiger charge is 2.28. The van der Waals surface area contributed by atoms with Gasteiger partial charge in [0.15, 0.2) is 5.69 Å². The Hall–Kier alpha value is -3.81. The summed E-state index contributed by atoms with van der Waals surface area (Å²) >= 11 is 0. The number of rotatable bonds is 4. The fourth-order valence-corrected chi connectivity index (χ4v) is 3.82. The second-order valence-electron chi connectivity index (χ2n) is 7.23. The van der Waals surface area contributed by atoms with E-state index in [0.717, 1.165) is 39.6 Å². The first-order valence-electron chi connectivity index (χ1n) is 9.82. The van der Waals surface area contributed by atoms with Crippen molar-refractivity contribution in [2.45, 2.75) is 26.7 Å². The maximum Gasteiger partial charge on any atom is 0.358 e. The van der Waals surface area contributed by atoms with Gasteiger partial charge in [-0.15, -0.1) is 5.10 Å². The third kappa shape index (κ3) is 2.97. The number of imidazole rings is 1. The Bertz CT molecular complexity index is 1240. The van der Waals surface area contributed by atoms with Crippen molar-refractivity contribution in [3.8, 4) is 11.4 Å². The molecule has 0 aliphatic carbocycles. The fourth-order valence-electron chi connectivity index (χ4n) is 3.82. The summed E-state index contributed by atoms with van der Waals surface area (Å²) < 4.78 is 9.05. The summed E-state index contributed by atoms with van der Waals surface area (Å²) in [4.78, 5) is 21.1. The van der Waals surface area contributed by atoms with E-state index in [1.807, 2.05) is 46.6 Å². The van der Waals surface area contributed by atoms with Crippen LogP contribution in [0.25, 0.3) is 11.4 Å². The predicted molar refractivity (Wildman–Crippen MR) is 109 cm³/mol. The molecule has 5 rings (SSSR count). The Kier molecular flexibility index (Phi) is 4.39. The van der Waals surface area contributed by atoms with Gasteiger partial charge >= 0.3 is 5.97 Å². The maximum atomic E-state index is 12.5. The number of aryl methyl sites for hydroxylation is 1. The predicted octanol–water partition coefficient (Wildman–Crippen LogP) is 2.83. The number of nitrogens with zero attached hydrogens (tertiary/aromatic N) is 6. The zero-order valence-electron chi connectivity index (χ0n) is 16.7. The molecule has 1 aromatic carbocycles. The number of esters is 1. The lowest BCUT2D eigenvalue weighted by Gasteiger charge is -2.10. The summed E-state index contributed by atoms with van der Waals surface area (Å²) in [6.07, 6.45) is 6.32. The van der Waals surface area contributed by atoms with E-state index in [-0.39, 0.29) is 0 Å². The number of carbonyl (C=O) groups is 1. The first-order chi connectivity index (χ1) is 14.7. The molecule has 30 heavy (non-hydrogen) atoms. The van der Waals surface area contributed by atoms with Gasteiger partial charge in [-0.3, -0.25) is 9.55 Å². The van der Waals surface area contributed by atoms with Gasteiger partial charge in [0, 0.05) is 25.2 Å². The molecule has 0 saturated carbocycles. The highest BCUT2D eigenvalue weighted by Crippen LogP contribution is 2.31. The van der Waals surface area contributed by atoms with Gasteiger partial charge < -0.3 is 4.74 Å². The van der Waals surface area contributed by atoms with E-state index in [0.29, 0.717) is 25.1 Å². The first-order valence-corrected chi connectivity index (χ1v) is 9.82. The summed E-state index contributed by atoms with van der Waals surface area (Å²) in [6, 6.07) is 10.0. The molecule has 0 N–H and O–H groups in total. The monoisotopic (exact) mass is 400 g/mol. The van der Waals surface area contributed by atoms with Crippen molar-refractivity contribution in [3.63, 3.8) is 0 Å². The fraction of sp³-hybridized carbons (Fsp3) is 0.227. The van der Waals surface area contributed by atoms with Gasteiger partial charge in [-0.2, -0.15) is 0 Å². The summed E-state index contributed by atoms with van der Waals surface area (Å²) in [5, 5.41) is 8.94. The van der Waals surface area contributed by atoms with Crippen LogP contribution < -0.4 is 0 Å². The molecule has 0 radical (unpaired) electrons. The second-order valence-corrected chi connectivity index (χ2v) is 7.23. The Morgan fingerprint density at radius 1 is 1.20 bits per heavy atom. The van der Waals surface area contributed by atoms with Crippen LogP contribution >= 0.6 is 0 Å². The molecule has 0 spiro atoms. The zero-order valence-corrected chi connectivity index (χ0v) is 16.7. The summed E-state index contributed by atoms with van der Waals surface area (Å²) in [5.74, 6) is -0.422. The standard InChI is InChI=1S/C22H20N6O2/c1-3-30-22(29)21-20-11-18-16(10-15-5-4-8-23-12-15)25-26-28(18)19-9-14(2)6-7-17(19)27(20)13-24-21/h4-9,12-13H,3,10-11H2,1-2H3. The number of benzene rings is 1.